The monoisotopic (exact) mass is 534 g/mol. The molecule has 0 aliphatic heterocycles. The molecule has 0 aliphatic rings. The van der Waals surface area contributed by atoms with E-state index in [2.05, 4.69) is 9.47 Å². The van der Waals surface area contributed by atoms with Gasteiger partial charge in [-0.2, -0.15) is 43.2 Å². The predicted molar refractivity (Wildman–Crippen MR) is 97.9 cm³/mol. The Morgan fingerprint density at radius 2 is 0.971 bits per heavy atom. The van der Waals surface area contributed by atoms with E-state index in [4.69, 9.17) is 0 Å². The highest BCUT2D eigenvalue weighted by Gasteiger charge is 2.25. The van der Waals surface area contributed by atoms with Gasteiger partial charge in [-0.15, -0.1) is 0 Å². The topological polar surface area (TPSA) is 144 Å². The summed E-state index contributed by atoms with van der Waals surface area (Å²) in [7, 11) is -10.6. The molecule has 0 radical (unpaired) electrons. The molecule has 0 atom stereocenters. The molecule has 0 aromatic heterocycles. The van der Waals surface area contributed by atoms with Gasteiger partial charge >= 0.3 is 24.2 Å². The second kappa shape index (κ2) is 9.84. The molecule has 0 saturated heterocycles. The highest BCUT2D eigenvalue weighted by atomic mass is 32.2. The van der Waals surface area contributed by atoms with Gasteiger partial charge in [-0.3, -0.25) is 13.9 Å². The van der Waals surface area contributed by atoms with Gasteiger partial charge in [0.15, 0.2) is 17.3 Å². The lowest BCUT2D eigenvalue weighted by Gasteiger charge is -2.11. The van der Waals surface area contributed by atoms with Crippen molar-refractivity contribution >= 4 is 26.0 Å². The Labute approximate surface area is 186 Å². The molecular weight excluding hydrogens is 526 g/mol. The molecule has 2 aromatic rings. The molecule has 0 aliphatic carbocycles. The molecule has 184 valence electrons. The Hall–Kier alpha value is -3.41. The van der Waals surface area contributed by atoms with Crippen LogP contribution in [-0.2, 0) is 20.2 Å². The number of rotatable bonds is 8. The number of carbonyl (C=O) groups excluding carboxylic acids is 1. The highest BCUT2D eigenvalue weighted by Crippen LogP contribution is 2.31. The molecule has 34 heavy (non-hydrogen) atoms. The molecule has 0 fully saturated rings. The van der Waals surface area contributed by atoms with Crippen LogP contribution in [0.3, 0.4) is 0 Å². The van der Waals surface area contributed by atoms with E-state index in [1.54, 1.807) is 0 Å². The summed E-state index contributed by atoms with van der Waals surface area (Å²) in [6, 6.07) is -1.90. The van der Waals surface area contributed by atoms with Gasteiger partial charge in [0.1, 0.15) is 9.79 Å². The molecule has 17 heteroatoms. The molecule has 0 bridgehead atoms. The maximum atomic E-state index is 13.0. The molecule has 2 N–H and O–H groups in total. The Morgan fingerprint density at radius 1 is 0.647 bits per heavy atom. The summed E-state index contributed by atoms with van der Waals surface area (Å²) in [5.74, 6) is -3.54. The van der Waals surface area contributed by atoms with Crippen LogP contribution in [0.1, 0.15) is 15.9 Å². The second-order valence-corrected chi connectivity index (χ2v) is 8.65. The number of benzene rings is 2. The number of hydrogen-bond donors (Lipinski definition) is 2. The summed E-state index contributed by atoms with van der Waals surface area (Å²) in [6.07, 6.45) is -5.94. The zero-order valence-electron chi connectivity index (χ0n) is 15.8. The van der Waals surface area contributed by atoms with E-state index in [9.17, 15) is 57.1 Å². The van der Waals surface area contributed by atoms with E-state index in [1.807, 2.05) is 0 Å². The van der Waals surface area contributed by atoms with Crippen molar-refractivity contribution < 1.29 is 66.6 Å². The van der Waals surface area contributed by atoms with Crippen molar-refractivity contribution in [3.8, 4) is 11.5 Å². The summed E-state index contributed by atoms with van der Waals surface area (Å²) in [5, 5.41) is 0. The third-order valence-corrected chi connectivity index (χ3v) is 5.41. The van der Waals surface area contributed by atoms with Gasteiger partial charge in [-0.25, -0.2) is 0 Å². The van der Waals surface area contributed by atoms with Crippen molar-refractivity contribution in [3.05, 3.63) is 71.7 Å². The molecule has 0 saturated carbocycles. The quantitative estimate of drug-likeness (QED) is 0.220. The van der Waals surface area contributed by atoms with Gasteiger partial charge in [0.05, 0.1) is 0 Å². The number of carbonyl (C=O) groups is 1. The Balaban J connectivity index is 2.61. The normalized spacial score (nSPS) is 11.5. The van der Waals surface area contributed by atoms with Crippen molar-refractivity contribution in [2.24, 2.45) is 0 Å². The number of ether oxygens (including phenoxy) is 2. The van der Waals surface area contributed by atoms with Crippen LogP contribution in [0.15, 0.2) is 70.4 Å². The molecule has 0 unspecified atom stereocenters. The number of hydrogen-bond acceptors (Lipinski definition) is 7. The lowest BCUT2D eigenvalue weighted by molar-refractivity contribution is 0.103. The summed E-state index contributed by atoms with van der Waals surface area (Å²) in [6.45, 7) is 0. The van der Waals surface area contributed by atoms with Crippen LogP contribution in [0, 0.1) is 0 Å². The van der Waals surface area contributed by atoms with Gasteiger partial charge in [0.25, 0.3) is 20.2 Å². The summed E-state index contributed by atoms with van der Waals surface area (Å²) in [5.41, 5.74) is -1.33. The average Bonchev–Trinajstić information content (AvgIpc) is 2.72. The zero-order chi connectivity index (χ0) is 26.0. The minimum Gasteiger partial charge on any atom is -0.426 e. The largest absolute Gasteiger partial charge is 0.426 e. The Morgan fingerprint density at radius 3 is 1.24 bits per heavy atom. The lowest BCUT2D eigenvalue weighted by atomic mass is 10.0. The third-order valence-electron chi connectivity index (χ3n) is 3.66. The Bertz CT molecular complexity index is 1320. The number of halogens is 6. The van der Waals surface area contributed by atoms with E-state index in [-0.39, 0.29) is 0 Å². The first-order chi connectivity index (χ1) is 15.5. The van der Waals surface area contributed by atoms with Crippen molar-refractivity contribution in [1.29, 1.82) is 0 Å². The molecule has 0 spiro atoms. The number of ketones is 1. The summed E-state index contributed by atoms with van der Waals surface area (Å²) in [4.78, 5) is 9.97. The van der Waals surface area contributed by atoms with Gasteiger partial charge < -0.3 is 9.47 Å². The van der Waals surface area contributed by atoms with Crippen LogP contribution < -0.4 is 9.47 Å². The second-order valence-electron chi connectivity index (χ2n) is 5.87. The van der Waals surface area contributed by atoms with E-state index in [0.717, 1.165) is 0 Å². The lowest BCUT2D eigenvalue weighted by Crippen LogP contribution is -2.09. The van der Waals surface area contributed by atoms with Gasteiger partial charge in [0.2, 0.25) is 0 Å². The molecule has 0 heterocycles. The predicted octanol–water partition coefficient (Wildman–Crippen LogP) is 4.24. The van der Waals surface area contributed by atoms with Gasteiger partial charge in [-0.1, -0.05) is 0 Å². The molecule has 9 nitrogen and oxygen atoms in total. The van der Waals surface area contributed by atoms with E-state index in [0.29, 0.717) is 36.4 Å². The fourth-order valence-electron chi connectivity index (χ4n) is 2.31. The van der Waals surface area contributed by atoms with Crippen molar-refractivity contribution in [2.45, 2.75) is 9.79 Å². The third kappa shape index (κ3) is 6.34. The smallest absolute Gasteiger partial charge is 0.344 e. The first kappa shape index (κ1) is 26.8. The van der Waals surface area contributed by atoms with Gasteiger partial charge in [0, 0.05) is 11.1 Å². The van der Waals surface area contributed by atoms with Crippen molar-refractivity contribution in [3.63, 3.8) is 0 Å². The van der Waals surface area contributed by atoms with Crippen LogP contribution in [0.2, 0.25) is 0 Å². The highest BCUT2D eigenvalue weighted by molar-refractivity contribution is 7.86. The molecular formula is C17H8F6O9S2. The van der Waals surface area contributed by atoms with Crippen LogP contribution in [0.25, 0.3) is 0 Å². The van der Waals surface area contributed by atoms with Crippen LogP contribution in [0.4, 0.5) is 26.3 Å². The first-order valence-corrected chi connectivity index (χ1v) is 11.0. The standard InChI is InChI=1S/C17H8F6O9S2/c18-14(19)16(22)31-9-3-1-7(5-11(9)33(25,26)27)13(24)8-2-4-10(32-17(23)15(20)21)12(6-8)34(28,29)30/h1-6H,(H,25,26,27)(H,28,29,30). The Kier molecular flexibility index (Phi) is 7.76. The molecule has 2 aromatic carbocycles. The fraction of sp³-hybridized carbons (Fsp3) is 0. The maximum Gasteiger partial charge on any atom is 0.344 e. The minimum absolute atomic E-state index is 0.356. The van der Waals surface area contributed by atoms with Crippen LogP contribution in [-0.4, -0.2) is 31.7 Å². The molecule has 2 rings (SSSR count). The SMILES string of the molecule is O=C(c1ccc(OC(F)=C(F)F)c(S(=O)(=O)O)c1)c1ccc(OC(F)=C(F)F)c(S(=O)(=O)O)c1. The summed E-state index contributed by atoms with van der Waals surface area (Å²) >= 11 is 0. The summed E-state index contributed by atoms with van der Waals surface area (Å²) < 4.78 is 147. The fourth-order valence-corrected chi connectivity index (χ4v) is 3.59. The van der Waals surface area contributed by atoms with E-state index >= 15 is 0 Å². The first-order valence-electron chi connectivity index (χ1n) is 8.07. The van der Waals surface area contributed by atoms with Crippen molar-refractivity contribution in [1.82, 2.24) is 0 Å². The average molecular weight is 534 g/mol. The minimum atomic E-state index is -5.29. The van der Waals surface area contributed by atoms with Gasteiger partial charge in [-0.05, 0) is 36.4 Å². The van der Waals surface area contributed by atoms with E-state index in [1.165, 1.54) is 0 Å². The van der Waals surface area contributed by atoms with E-state index < -0.39 is 82.6 Å². The molecule has 0 amide bonds. The maximum absolute atomic E-state index is 13.0. The zero-order valence-corrected chi connectivity index (χ0v) is 17.4. The van der Waals surface area contributed by atoms with Crippen LogP contribution >= 0.6 is 0 Å². The van der Waals surface area contributed by atoms with Crippen LogP contribution in [0.5, 0.6) is 11.5 Å². The van der Waals surface area contributed by atoms with Crippen molar-refractivity contribution in [2.75, 3.05) is 0 Å².